The molecule has 1 aromatic heterocycles. The van der Waals surface area contributed by atoms with E-state index in [1.54, 1.807) is 0 Å². The smallest absolute Gasteiger partial charge is 0.0904 e. The average molecular weight is 331 g/mol. The first-order valence-electron chi connectivity index (χ1n) is 9.05. The Labute approximate surface area is 149 Å². The number of H-pyrrole nitrogens is 1. The molecular weight excluding hydrogens is 306 g/mol. The maximum Gasteiger partial charge on any atom is 0.0904 e. The fourth-order valence-corrected chi connectivity index (χ4v) is 4.00. The summed E-state index contributed by atoms with van der Waals surface area (Å²) in [6.45, 7) is 8.77. The van der Waals surface area contributed by atoms with Gasteiger partial charge in [-0.05, 0) is 44.0 Å². The van der Waals surface area contributed by atoms with Crippen molar-refractivity contribution in [2.24, 2.45) is 4.99 Å². The summed E-state index contributed by atoms with van der Waals surface area (Å²) in [6.07, 6.45) is 2.03. The van der Waals surface area contributed by atoms with E-state index in [9.17, 15) is 0 Å². The van der Waals surface area contributed by atoms with E-state index < -0.39 is 0 Å². The molecule has 0 saturated heterocycles. The van der Waals surface area contributed by atoms with Crippen LogP contribution in [0.5, 0.6) is 0 Å². The number of rotatable bonds is 3. The topological polar surface area (TPSA) is 31.4 Å². The lowest BCUT2D eigenvalue weighted by Gasteiger charge is -2.26. The number of aryl methyl sites for hydroxylation is 1. The highest BCUT2D eigenvalue weighted by atomic mass is 15.2. The number of nitrogens with zero attached hydrogens (tertiary/aromatic N) is 2. The molecule has 0 spiro atoms. The molecule has 2 atom stereocenters. The third-order valence-electron chi connectivity index (χ3n) is 5.27. The number of para-hydroxylation sites is 2. The van der Waals surface area contributed by atoms with Gasteiger partial charge in [-0.15, -0.1) is 0 Å². The molecule has 0 radical (unpaired) electrons. The Hall–Kier alpha value is -2.55. The van der Waals surface area contributed by atoms with Gasteiger partial charge in [0.15, 0.2) is 0 Å². The van der Waals surface area contributed by atoms with Gasteiger partial charge in [0, 0.05) is 34.2 Å². The Bertz CT molecular complexity index is 935. The predicted molar refractivity (Wildman–Crippen MR) is 107 cm³/mol. The summed E-state index contributed by atoms with van der Waals surface area (Å²) in [5, 5.41) is 1.31. The Morgan fingerprint density at radius 2 is 1.80 bits per heavy atom. The third-order valence-corrected chi connectivity index (χ3v) is 5.27. The molecule has 0 amide bonds. The van der Waals surface area contributed by atoms with Crippen molar-refractivity contribution >= 4 is 22.9 Å². The first-order valence-corrected chi connectivity index (χ1v) is 9.05. The standard InChI is InChI=1S/C22H25N3/c1-14(2)23-13-25-20-12-8-6-10-18(20)16(4)22(25)21-15(3)17-9-5-7-11-19(17)24-21/h5-14,16,22,24H,1-4H3. The second-order valence-electron chi connectivity index (χ2n) is 7.27. The van der Waals surface area contributed by atoms with Crippen LogP contribution in [0.15, 0.2) is 53.5 Å². The maximum atomic E-state index is 4.69. The van der Waals surface area contributed by atoms with E-state index in [2.05, 4.69) is 91.1 Å². The van der Waals surface area contributed by atoms with Crippen molar-refractivity contribution < 1.29 is 0 Å². The van der Waals surface area contributed by atoms with Crippen LogP contribution >= 0.6 is 0 Å². The highest BCUT2D eigenvalue weighted by Crippen LogP contribution is 2.49. The summed E-state index contributed by atoms with van der Waals surface area (Å²) in [6, 6.07) is 17.8. The second-order valence-corrected chi connectivity index (χ2v) is 7.27. The summed E-state index contributed by atoms with van der Waals surface area (Å²) in [7, 11) is 0. The second kappa shape index (κ2) is 6.07. The Kier molecular flexibility index (Phi) is 3.87. The lowest BCUT2D eigenvalue weighted by molar-refractivity contribution is 0.621. The summed E-state index contributed by atoms with van der Waals surface area (Å²) < 4.78 is 0. The molecule has 4 rings (SSSR count). The van der Waals surface area contributed by atoms with Gasteiger partial charge < -0.3 is 9.88 Å². The van der Waals surface area contributed by atoms with Crippen molar-refractivity contribution in [3.05, 3.63) is 65.4 Å². The number of benzene rings is 2. The van der Waals surface area contributed by atoms with E-state index >= 15 is 0 Å². The molecule has 3 nitrogen and oxygen atoms in total. The van der Waals surface area contributed by atoms with Crippen molar-refractivity contribution in [3.63, 3.8) is 0 Å². The van der Waals surface area contributed by atoms with Gasteiger partial charge in [-0.2, -0.15) is 0 Å². The van der Waals surface area contributed by atoms with E-state index in [1.807, 2.05) is 6.34 Å². The third kappa shape index (κ3) is 2.55. The molecule has 25 heavy (non-hydrogen) atoms. The minimum Gasteiger partial charge on any atom is -0.356 e. The van der Waals surface area contributed by atoms with Gasteiger partial charge in [0.2, 0.25) is 0 Å². The fourth-order valence-electron chi connectivity index (χ4n) is 4.00. The summed E-state index contributed by atoms with van der Waals surface area (Å²) in [5.41, 5.74) is 6.49. The van der Waals surface area contributed by atoms with Crippen molar-refractivity contribution in [1.29, 1.82) is 0 Å². The zero-order valence-corrected chi connectivity index (χ0v) is 15.3. The van der Waals surface area contributed by atoms with E-state index in [0.717, 1.165) is 0 Å². The Morgan fingerprint density at radius 1 is 1.08 bits per heavy atom. The number of fused-ring (bicyclic) bond motifs is 2. The van der Waals surface area contributed by atoms with Crippen LogP contribution in [-0.4, -0.2) is 17.4 Å². The highest BCUT2D eigenvalue weighted by molar-refractivity contribution is 5.88. The van der Waals surface area contributed by atoms with Crippen molar-refractivity contribution in [2.75, 3.05) is 4.90 Å². The SMILES string of the molecule is Cc1c(C2C(C)c3ccccc3N2C=NC(C)C)[nH]c2ccccc12. The molecule has 1 N–H and O–H groups in total. The monoisotopic (exact) mass is 331 g/mol. The van der Waals surface area contributed by atoms with Crippen LogP contribution in [0.25, 0.3) is 10.9 Å². The Balaban J connectivity index is 1.87. The van der Waals surface area contributed by atoms with Crippen LogP contribution in [0, 0.1) is 6.92 Å². The number of nitrogens with one attached hydrogen (secondary N) is 1. The Morgan fingerprint density at radius 3 is 2.56 bits per heavy atom. The van der Waals surface area contributed by atoms with Gasteiger partial charge in [-0.3, -0.25) is 4.99 Å². The van der Waals surface area contributed by atoms with Gasteiger partial charge in [0.05, 0.1) is 12.4 Å². The minimum atomic E-state index is 0.243. The van der Waals surface area contributed by atoms with Crippen LogP contribution in [-0.2, 0) is 0 Å². The van der Waals surface area contributed by atoms with Gasteiger partial charge in [0.1, 0.15) is 0 Å². The van der Waals surface area contributed by atoms with Crippen LogP contribution in [0.2, 0.25) is 0 Å². The highest BCUT2D eigenvalue weighted by Gasteiger charge is 2.37. The van der Waals surface area contributed by atoms with E-state index in [4.69, 9.17) is 0 Å². The summed E-state index contributed by atoms with van der Waals surface area (Å²) in [4.78, 5) is 10.7. The van der Waals surface area contributed by atoms with Gasteiger partial charge in [0.25, 0.3) is 0 Å². The van der Waals surface area contributed by atoms with Crippen LogP contribution in [0.1, 0.15) is 49.6 Å². The fraction of sp³-hybridized carbons (Fsp3) is 0.318. The lowest BCUT2D eigenvalue weighted by atomic mass is 9.93. The molecule has 3 aromatic rings. The minimum absolute atomic E-state index is 0.243. The number of aromatic nitrogens is 1. The van der Waals surface area contributed by atoms with Gasteiger partial charge >= 0.3 is 0 Å². The molecule has 128 valence electrons. The quantitative estimate of drug-likeness (QED) is 0.493. The molecule has 2 aromatic carbocycles. The molecule has 0 bridgehead atoms. The normalized spacial score (nSPS) is 20.1. The van der Waals surface area contributed by atoms with Crippen molar-refractivity contribution in [1.82, 2.24) is 4.98 Å². The molecule has 1 aliphatic heterocycles. The molecule has 0 aliphatic carbocycles. The first kappa shape index (κ1) is 15.9. The summed E-state index contributed by atoms with van der Waals surface area (Å²) >= 11 is 0. The molecule has 1 aliphatic rings. The number of anilines is 1. The van der Waals surface area contributed by atoms with Crippen LogP contribution < -0.4 is 4.90 Å². The number of hydrogen-bond acceptors (Lipinski definition) is 1. The molecular formula is C22H25N3. The van der Waals surface area contributed by atoms with E-state index in [-0.39, 0.29) is 12.1 Å². The maximum absolute atomic E-state index is 4.69. The largest absolute Gasteiger partial charge is 0.356 e. The molecule has 2 unspecified atom stereocenters. The molecule has 3 heteroatoms. The van der Waals surface area contributed by atoms with Gasteiger partial charge in [-0.1, -0.05) is 43.3 Å². The van der Waals surface area contributed by atoms with Crippen molar-refractivity contribution in [2.45, 2.75) is 45.7 Å². The molecule has 2 heterocycles. The average Bonchev–Trinajstić information content (AvgIpc) is 3.08. The number of hydrogen-bond donors (Lipinski definition) is 1. The zero-order chi connectivity index (χ0) is 17.6. The molecule has 0 saturated carbocycles. The number of aromatic amines is 1. The zero-order valence-electron chi connectivity index (χ0n) is 15.3. The first-order chi connectivity index (χ1) is 12.1. The van der Waals surface area contributed by atoms with Crippen LogP contribution in [0.4, 0.5) is 5.69 Å². The van der Waals surface area contributed by atoms with Gasteiger partial charge in [-0.25, -0.2) is 0 Å². The molecule has 0 fully saturated rings. The summed E-state index contributed by atoms with van der Waals surface area (Å²) in [5.74, 6) is 0.404. The predicted octanol–water partition coefficient (Wildman–Crippen LogP) is 5.58. The lowest BCUT2D eigenvalue weighted by Crippen LogP contribution is -2.26. The van der Waals surface area contributed by atoms with Crippen LogP contribution in [0.3, 0.4) is 0 Å². The van der Waals surface area contributed by atoms with E-state index in [1.165, 1.54) is 33.4 Å². The van der Waals surface area contributed by atoms with E-state index in [0.29, 0.717) is 5.92 Å². The van der Waals surface area contributed by atoms with Crippen molar-refractivity contribution in [3.8, 4) is 0 Å². The number of aliphatic imine (C=N–C) groups is 1.